The average Bonchev–Trinajstić information content (AvgIpc) is 3.16. The molecule has 0 saturated heterocycles. The van der Waals surface area contributed by atoms with E-state index in [-0.39, 0.29) is 0 Å². The average molecular weight is 387 g/mol. The van der Waals surface area contributed by atoms with Crippen molar-refractivity contribution in [3.63, 3.8) is 0 Å². The molecule has 0 spiro atoms. The van der Waals surface area contributed by atoms with Crippen LogP contribution >= 0.6 is 0 Å². The van der Waals surface area contributed by atoms with E-state index in [9.17, 15) is 4.79 Å². The lowest BCUT2D eigenvalue weighted by atomic mass is 10.1. The molecule has 4 N–H and O–H groups in total. The number of benzene rings is 2. The summed E-state index contributed by atoms with van der Waals surface area (Å²) in [5, 5.41) is 4.04. The highest BCUT2D eigenvalue weighted by Crippen LogP contribution is 2.33. The molecule has 0 bridgehead atoms. The van der Waals surface area contributed by atoms with Gasteiger partial charge in [-0.3, -0.25) is 4.79 Å². The minimum absolute atomic E-state index is 0.426. The number of hydrogen-bond donors (Lipinski definition) is 3. The SMILES string of the molecule is COc1c(C)nc(-c2c[nH]c3cccc(C(N)=O)c23)nc1NCc1ccccc1. The Kier molecular flexibility index (Phi) is 4.87. The Morgan fingerprint density at radius 2 is 1.93 bits per heavy atom. The monoisotopic (exact) mass is 387 g/mol. The lowest BCUT2D eigenvalue weighted by molar-refractivity contribution is 0.100. The van der Waals surface area contributed by atoms with Gasteiger partial charge >= 0.3 is 0 Å². The third-order valence-electron chi connectivity index (χ3n) is 4.75. The molecule has 0 fully saturated rings. The van der Waals surface area contributed by atoms with E-state index < -0.39 is 5.91 Å². The molecule has 4 aromatic rings. The number of rotatable bonds is 6. The number of fused-ring (bicyclic) bond motifs is 1. The van der Waals surface area contributed by atoms with Crippen molar-refractivity contribution in [2.45, 2.75) is 13.5 Å². The number of nitrogens with one attached hydrogen (secondary N) is 2. The maximum Gasteiger partial charge on any atom is 0.249 e. The number of nitrogens with zero attached hydrogens (tertiary/aromatic N) is 2. The minimum Gasteiger partial charge on any atom is -0.491 e. The molecule has 2 heterocycles. The van der Waals surface area contributed by atoms with Gasteiger partial charge < -0.3 is 20.8 Å². The predicted octanol–water partition coefficient (Wildman–Crippen LogP) is 3.65. The van der Waals surface area contributed by atoms with Crippen LogP contribution in [-0.2, 0) is 6.54 Å². The van der Waals surface area contributed by atoms with Crippen LogP contribution in [-0.4, -0.2) is 28.0 Å². The Bertz CT molecular complexity index is 1180. The largest absolute Gasteiger partial charge is 0.491 e. The normalized spacial score (nSPS) is 10.8. The molecule has 7 heteroatoms. The molecule has 7 nitrogen and oxygen atoms in total. The van der Waals surface area contributed by atoms with Crippen LogP contribution < -0.4 is 15.8 Å². The molecule has 146 valence electrons. The Balaban J connectivity index is 1.80. The van der Waals surface area contributed by atoms with Crippen molar-refractivity contribution in [1.82, 2.24) is 15.0 Å². The first-order valence-electron chi connectivity index (χ1n) is 9.19. The number of ether oxygens (including phenoxy) is 1. The van der Waals surface area contributed by atoms with Crippen molar-refractivity contribution >= 4 is 22.6 Å². The summed E-state index contributed by atoms with van der Waals surface area (Å²) in [4.78, 5) is 24.4. The van der Waals surface area contributed by atoms with Crippen LogP contribution in [0.3, 0.4) is 0 Å². The maximum atomic E-state index is 11.9. The first kappa shape index (κ1) is 18.5. The summed E-state index contributed by atoms with van der Waals surface area (Å²) in [6.07, 6.45) is 1.79. The zero-order valence-electron chi connectivity index (χ0n) is 16.2. The zero-order valence-corrected chi connectivity index (χ0v) is 16.2. The molecule has 0 radical (unpaired) electrons. The van der Waals surface area contributed by atoms with Crippen LogP contribution in [0.15, 0.2) is 54.7 Å². The Morgan fingerprint density at radius 3 is 2.66 bits per heavy atom. The van der Waals surface area contributed by atoms with Crippen LogP contribution in [0.2, 0.25) is 0 Å². The van der Waals surface area contributed by atoms with Gasteiger partial charge in [-0.2, -0.15) is 0 Å². The predicted molar refractivity (Wildman–Crippen MR) is 113 cm³/mol. The van der Waals surface area contributed by atoms with E-state index in [1.165, 1.54) is 0 Å². The van der Waals surface area contributed by atoms with Crippen molar-refractivity contribution in [3.8, 4) is 17.1 Å². The van der Waals surface area contributed by atoms with Gasteiger partial charge in [-0.15, -0.1) is 0 Å². The lowest BCUT2D eigenvalue weighted by Gasteiger charge is -2.14. The molecule has 0 atom stereocenters. The quantitative estimate of drug-likeness (QED) is 0.468. The van der Waals surface area contributed by atoms with Gasteiger partial charge in [0.2, 0.25) is 5.91 Å². The number of carbonyl (C=O) groups is 1. The number of methoxy groups -OCH3 is 1. The van der Waals surface area contributed by atoms with Crippen LogP contribution in [0.25, 0.3) is 22.3 Å². The van der Waals surface area contributed by atoms with E-state index >= 15 is 0 Å². The molecule has 2 aromatic heterocycles. The fourth-order valence-corrected chi connectivity index (χ4v) is 3.40. The molecule has 0 saturated carbocycles. The zero-order chi connectivity index (χ0) is 20.4. The van der Waals surface area contributed by atoms with Crippen LogP contribution in [0.1, 0.15) is 21.6 Å². The van der Waals surface area contributed by atoms with Gasteiger partial charge in [0.1, 0.15) is 0 Å². The second-order valence-electron chi connectivity index (χ2n) is 6.65. The first-order chi connectivity index (χ1) is 14.1. The molecule has 0 unspecified atom stereocenters. The number of amides is 1. The number of aromatic nitrogens is 3. The summed E-state index contributed by atoms with van der Waals surface area (Å²) in [5.74, 6) is 1.16. The molecule has 4 rings (SSSR count). The fourth-order valence-electron chi connectivity index (χ4n) is 3.40. The number of hydrogen-bond acceptors (Lipinski definition) is 5. The number of H-pyrrole nitrogens is 1. The smallest absolute Gasteiger partial charge is 0.249 e. The standard InChI is InChI=1S/C22H21N5O2/c1-13-19(29-2)22(25-11-14-7-4-3-5-8-14)27-21(26-13)16-12-24-17-10-6-9-15(18(16)17)20(23)28/h3-10,12,24H,11H2,1-2H3,(H2,23,28)(H,25,26,27). The van der Waals surface area contributed by atoms with Gasteiger partial charge in [0.25, 0.3) is 0 Å². The summed E-state index contributed by atoms with van der Waals surface area (Å²) < 4.78 is 5.52. The summed E-state index contributed by atoms with van der Waals surface area (Å²) in [6, 6.07) is 15.4. The van der Waals surface area contributed by atoms with Gasteiger partial charge in [-0.1, -0.05) is 36.4 Å². The number of anilines is 1. The number of carbonyl (C=O) groups excluding carboxylic acids is 1. The van der Waals surface area contributed by atoms with Crippen molar-refractivity contribution in [2.75, 3.05) is 12.4 Å². The summed E-state index contributed by atoms with van der Waals surface area (Å²) >= 11 is 0. The van der Waals surface area contributed by atoms with Crippen molar-refractivity contribution in [1.29, 1.82) is 0 Å². The van der Waals surface area contributed by atoms with Crippen LogP contribution in [0.5, 0.6) is 5.75 Å². The highest BCUT2D eigenvalue weighted by molar-refractivity contribution is 6.10. The highest BCUT2D eigenvalue weighted by atomic mass is 16.5. The van der Waals surface area contributed by atoms with Gasteiger partial charge in [0.05, 0.1) is 12.8 Å². The summed E-state index contributed by atoms with van der Waals surface area (Å²) in [7, 11) is 1.59. The molecule has 0 aliphatic heterocycles. The molecule has 2 aromatic carbocycles. The maximum absolute atomic E-state index is 11.9. The number of aryl methyl sites for hydroxylation is 1. The molecular weight excluding hydrogens is 366 g/mol. The van der Waals surface area contributed by atoms with Crippen LogP contribution in [0, 0.1) is 6.92 Å². The van der Waals surface area contributed by atoms with E-state index in [4.69, 9.17) is 15.5 Å². The minimum atomic E-state index is -0.496. The van der Waals surface area contributed by atoms with Gasteiger partial charge in [-0.05, 0) is 24.6 Å². The summed E-state index contributed by atoms with van der Waals surface area (Å²) in [5.41, 5.74) is 9.33. The number of aromatic amines is 1. The second-order valence-corrected chi connectivity index (χ2v) is 6.65. The Morgan fingerprint density at radius 1 is 1.14 bits per heavy atom. The lowest BCUT2D eigenvalue weighted by Crippen LogP contribution is -2.11. The number of primary amides is 1. The summed E-state index contributed by atoms with van der Waals surface area (Å²) in [6.45, 7) is 2.45. The number of nitrogens with two attached hydrogens (primary N) is 1. The van der Waals surface area contributed by atoms with Gasteiger partial charge in [0.15, 0.2) is 17.4 Å². The molecule has 0 aliphatic rings. The van der Waals surface area contributed by atoms with E-state index in [1.54, 1.807) is 25.4 Å². The second kappa shape index (κ2) is 7.63. The molecule has 1 amide bonds. The fraction of sp³-hybridized carbons (Fsp3) is 0.136. The van der Waals surface area contributed by atoms with E-state index in [0.717, 1.165) is 11.1 Å². The Labute approximate surface area is 168 Å². The van der Waals surface area contributed by atoms with Crippen LogP contribution in [0.4, 0.5) is 5.82 Å². The highest BCUT2D eigenvalue weighted by Gasteiger charge is 2.19. The molecule has 29 heavy (non-hydrogen) atoms. The van der Waals surface area contributed by atoms with Gasteiger partial charge in [-0.25, -0.2) is 9.97 Å². The third-order valence-corrected chi connectivity index (χ3v) is 4.75. The van der Waals surface area contributed by atoms with E-state index in [2.05, 4.69) is 15.3 Å². The first-order valence-corrected chi connectivity index (χ1v) is 9.19. The third kappa shape index (κ3) is 3.50. The van der Waals surface area contributed by atoms with Gasteiger partial charge in [0, 0.05) is 34.8 Å². The van der Waals surface area contributed by atoms with Crippen molar-refractivity contribution < 1.29 is 9.53 Å². The topological polar surface area (TPSA) is 106 Å². The van der Waals surface area contributed by atoms with E-state index in [0.29, 0.717) is 46.1 Å². The van der Waals surface area contributed by atoms with Crippen molar-refractivity contribution in [3.05, 3.63) is 71.5 Å². The molecular formula is C22H21N5O2. The van der Waals surface area contributed by atoms with E-state index in [1.807, 2.05) is 43.3 Å². The Hall–Kier alpha value is -3.87. The van der Waals surface area contributed by atoms with Crippen molar-refractivity contribution in [2.24, 2.45) is 5.73 Å². The molecule has 0 aliphatic carbocycles.